The molecule has 0 spiro atoms. The van der Waals surface area contributed by atoms with Crippen LogP contribution < -0.4 is 0 Å². The molecular weight excluding hydrogens is 256 g/mol. The molecule has 0 atom stereocenters. The van der Waals surface area contributed by atoms with E-state index < -0.39 is 0 Å². The third-order valence-corrected chi connectivity index (χ3v) is 3.41. The Balaban J connectivity index is 2.09. The number of aromatic nitrogens is 2. The SMILES string of the molecule is ClCc1ccc(-c2ccccc2-n2ccnc2)cc1. The first kappa shape index (κ1) is 12.0. The van der Waals surface area contributed by atoms with E-state index in [2.05, 4.69) is 41.4 Å². The lowest BCUT2D eigenvalue weighted by Crippen LogP contribution is -1.93. The highest BCUT2D eigenvalue weighted by Crippen LogP contribution is 2.26. The Morgan fingerprint density at radius 3 is 2.47 bits per heavy atom. The molecule has 0 aliphatic rings. The second-order valence-electron chi connectivity index (χ2n) is 4.32. The van der Waals surface area contributed by atoms with Crippen LogP contribution in [0.5, 0.6) is 0 Å². The molecule has 2 nitrogen and oxygen atoms in total. The lowest BCUT2D eigenvalue weighted by molar-refractivity contribution is 1.06. The number of hydrogen-bond acceptors (Lipinski definition) is 1. The van der Waals surface area contributed by atoms with Gasteiger partial charge in [-0.05, 0) is 17.2 Å². The van der Waals surface area contributed by atoms with E-state index in [0.29, 0.717) is 5.88 Å². The van der Waals surface area contributed by atoms with Gasteiger partial charge in [0.25, 0.3) is 0 Å². The summed E-state index contributed by atoms with van der Waals surface area (Å²) >= 11 is 5.83. The van der Waals surface area contributed by atoms with Crippen LogP contribution in [0.25, 0.3) is 16.8 Å². The van der Waals surface area contributed by atoms with Crippen molar-refractivity contribution in [1.82, 2.24) is 9.55 Å². The molecule has 94 valence electrons. The van der Waals surface area contributed by atoms with Crippen molar-refractivity contribution >= 4 is 11.6 Å². The van der Waals surface area contributed by atoms with Crippen molar-refractivity contribution < 1.29 is 0 Å². The predicted octanol–water partition coefficient (Wildman–Crippen LogP) is 4.28. The molecule has 0 aliphatic carbocycles. The van der Waals surface area contributed by atoms with Crippen molar-refractivity contribution in [3.63, 3.8) is 0 Å². The van der Waals surface area contributed by atoms with Gasteiger partial charge in [0.1, 0.15) is 0 Å². The van der Waals surface area contributed by atoms with Crippen LogP contribution in [0.15, 0.2) is 67.3 Å². The zero-order valence-corrected chi connectivity index (χ0v) is 11.1. The van der Waals surface area contributed by atoms with Crippen molar-refractivity contribution in [2.75, 3.05) is 0 Å². The number of benzene rings is 2. The van der Waals surface area contributed by atoms with Crippen molar-refractivity contribution in [2.45, 2.75) is 5.88 Å². The van der Waals surface area contributed by atoms with Crippen molar-refractivity contribution in [1.29, 1.82) is 0 Å². The molecule has 0 saturated heterocycles. The number of alkyl halides is 1. The highest BCUT2D eigenvalue weighted by Gasteiger charge is 2.05. The second-order valence-corrected chi connectivity index (χ2v) is 4.58. The molecule has 0 N–H and O–H groups in total. The minimum absolute atomic E-state index is 0.545. The summed E-state index contributed by atoms with van der Waals surface area (Å²) in [6, 6.07) is 16.6. The van der Waals surface area contributed by atoms with Gasteiger partial charge in [0.2, 0.25) is 0 Å². The Kier molecular flexibility index (Phi) is 3.34. The van der Waals surface area contributed by atoms with Gasteiger partial charge in [-0.15, -0.1) is 11.6 Å². The van der Waals surface area contributed by atoms with Crippen molar-refractivity contribution in [3.05, 3.63) is 72.8 Å². The summed E-state index contributed by atoms with van der Waals surface area (Å²) in [6.45, 7) is 0. The maximum absolute atomic E-state index is 5.83. The van der Waals surface area contributed by atoms with E-state index in [-0.39, 0.29) is 0 Å². The minimum atomic E-state index is 0.545. The molecule has 0 saturated carbocycles. The van der Waals surface area contributed by atoms with E-state index in [1.54, 1.807) is 6.20 Å². The number of hydrogen-bond donors (Lipinski definition) is 0. The van der Waals surface area contributed by atoms with Crippen LogP contribution in [0.3, 0.4) is 0 Å². The summed E-state index contributed by atoms with van der Waals surface area (Å²) in [5, 5.41) is 0. The molecule has 1 heterocycles. The van der Waals surface area contributed by atoms with Crippen LogP contribution in [0.4, 0.5) is 0 Å². The fourth-order valence-corrected chi connectivity index (χ4v) is 2.30. The first-order valence-electron chi connectivity index (χ1n) is 6.11. The van der Waals surface area contributed by atoms with E-state index in [0.717, 1.165) is 11.3 Å². The topological polar surface area (TPSA) is 17.8 Å². The highest BCUT2D eigenvalue weighted by molar-refractivity contribution is 6.17. The van der Waals surface area contributed by atoms with Gasteiger partial charge in [-0.2, -0.15) is 0 Å². The predicted molar refractivity (Wildman–Crippen MR) is 78.6 cm³/mol. The minimum Gasteiger partial charge on any atom is -0.306 e. The first-order valence-corrected chi connectivity index (χ1v) is 6.64. The Hall–Kier alpha value is -2.06. The van der Waals surface area contributed by atoms with E-state index >= 15 is 0 Å². The van der Waals surface area contributed by atoms with Gasteiger partial charge in [-0.25, -0.2) is 4.98 Å². The van der Waals surface area contributed by atoms with Gasteiger partial charge in [0, 0.05) is 23.8 Å². The summed E-state index contributed by atoms with van der Waals surface area (Å²) in [4.78, 5) is 4.11. The Morgan fingerprint density at radius 2 is 1.79 bits per heavy atom. The average molecular weight is 269 g/mol. The third kappa shape index (κ3) is 2.40. The Bertz CT molecular complexity index is 657. The number of halogens is 1. The van der Waals surface area contributed by atoms with Crippen molar-refractivity contribution in [2.24, 2.45) is 0 Å². The standard InChI is InChI=1S/C16H13ClN2/c17-11-13-5-7-14(8-6-13)15-3-1-2-4-16(15)19-10-9-18-12-19/h1-10,12H,11H2. The van der Waals surface area contributed by atoms with Gasteiger partial charge in [0.15, 0.2) is 0 Å². The molecule has 1 aromatic heterocycles. The normalized spacial score (nSPS) is 10.6. The lowest BCUT2D eigenvalue weighted by Gasteiger charge is -2.10. The van der Waals surface area contributed by atoms with E-state index in [1.807, 2.05) is 29.2 Å². The van der Waals surface area contributed by atoms with Crippen LogP contribution in [0.2, 0.25) is 0 Å². The molecule has 2 aromatic carbocycles. The average Bonchev–Trinajstić information content (AvgIpc) is 3.01. The fourth-order valence-electron chi connectivity index (χ4n) is 2.12. The van der Waals surface area contributed by atoms with Crippen LogP contribution >= 0.6 is 11.6 Å². The quantitative estimate of drug-likeness (QED) is 0.649. The highest BCUT2D eigenvalue weighted by atomic mass is 35.5. The third-order valence-electron chi connectivity index (χ3n) is 3.11. The molecule has 3 rings (SSSR count). The van der Waals surface area contributed by atoms with Crippen LogP contribution in [-0.4, -0.2) is 9.55 Å². The first-order chi connectivity index (χ1) is 9.38. The zero-order chi connectivity index (χ0) is 13.1. The maximum atomic E-state index is 5.83. The molecule has 3 heteroatoms. The number of nitrogens with zero attached hydrogens (tertiary/aromatic N) is 2. The van der Waals surface area contributed by atoms with Crippen LogP contribution in [0, 0.1) is 0 Å². The number of rotatable bonds is 3. The molecule has 0 fully saturated rings. The molecule has 0 aliphatic heterocycles. The van der Waals surface area contributed by atoms with Gasteiger partial charge >= 0.3 is 0 Å². The van der Waals surface area contributed by atoms with Crippen LogP contribution in [-0.2, 0) is 5.88 Å². The van der Waals surface area contributed by atoms with E-state index in [1.165, 1.54) is 11.1 Å². The maximum Gasteiger partial charge on any atom is 0.0991 e. The molecule has 3 aromatic rings. The summed E-state index contributed by atoms with van der Waals surface area (Å²) < 4.78 is 2.02. The van der Waals surface area contributed by atoms with E-state index in [9.17, 15) is 0 Å². The van der Waals surface area contributed by atoms with Gasteiger partial charge < -0.3 is 4.57 Å². The summed E-state index contributed by atoms with van der Waals surface area (Å²) in [5.41, 5.74) is 4.61. The van der Waals surface area contributed by atoms with Gasteiger partial charge in [-0.3, -0.25) is 0 Å². The summed E-state index contributed by atoms with van der Waals surface area (Å²) in [6.07, 6.45) is 5.55. The molecule has 0 unspecified atom stereocenters. The van der Waals surface area contributed by atoms with Gasteiger partial charge in [0.05, 0.1) is 12.0 Å². The second kappa shape index (κ2) is 5.29. The zero-order valence-electron chi connectivity index (χ0n) is 10.3. The molecule has 0 amide bonds. The molecule has 0 radical (unpaired) electrons. The smallest absolute Gasteiger partial charge is 0.0991 e. The fraction of sp³-hybridized carbons (Fsp3) is 0.0625. The van der Waals surface area contributed by atoms with Gasteiger partial charge in [-0.1, -0.05) is 42.5 Å². The Morgan fingerprint density at radius 1 is 1.00 bits per heavy atom. The van der Waals surface area contributed by atoms with E-state index in [4.69, 9.17) is 11.6 Å². The van der Waals surface area contributed by atoms with Crippen LogP contribution in [0.1, 0.15) is 5.56 Å². The molecule has 0 bridgehead atoms. The number of para-hydroxylation sites is 1. The lowest BCUT2D eigenvalue weighted by atomic mass is 10.0. The molecular formula is C16H13ClN2. The summed E-state index contributed by atoms with van der Waals surface area (Å²) in [7, 11) is 0. The monoisotopic (exact) mass is 268 g/mol. The van der Waals surface area contributed by atoms with Crippen molar-refractivity contribution in [3.8, 4) is 16.8 Å². The molecule has 19 heavy (non-hydrogen) atoms. The largest absolute Gasteiger partial charge is 0.306 e. The Labute approximate surface area is 117 Å². The number of imidazole rings is 1. The summed E-state index contributed by atoms with van der Waals surface area (Å²) in [5.74, 6) is 0.545.